The van der Waals surface area contributed by atoms with Crippen molar-refractivity contribution in [3.63, 3.8) is 0 Å². The summed E-state index contributed by atoms with van der Waals surface area (Å²) in [5, 5.41) is 4.13. The number of methoxy groups -OCH3 is 2. The van der Waals surface area contributed by atoms with Crippen LogP contribution in [-0.2, 0) is 11.2 Å². The quantitative estimate of drug-likeness (QED) is 0.338. The first-order valence-corrected chi connectivity index (χ1v) is 11.6. The van der Waals surface area contributed by atoms with Gasteiger partial charge in [0.2, 0.25) is 0 Å². The van der Waals surface area contributed by atoms with E-state index in [2.05, 4.69) is 5.32 Å². The Bertz CT molecular complexity index is 1140. The molecule has 4 rings (SSSR count). The van der Waals surface area contributed by atoms with E-state index >= 15 is 0 Å². The molecule has 0 unspecified atom stereocenters. The van der Waals surface area contributed by atoms with Crippen molar-refractivity contribution in [2.75, 3.05) is 32.2 Å². The van der Waals surface area contributed by atoms with Crippen molar-refractivity contribution in [1.29, 1.82) is 0 Å². The number of anilines is 1. The summed E-state index contributed by atoms with van der Waals surface area (Å²) in [5.74, 6) is 2.01. The number of hydrogen-bond donors (Lipinski definition) is 1. The van der Waals surface area contributed by atoms with E-state index in [4.69, 9.17) is 25.8 Å². The zero-order chi connectivity index (χ0) is 24.1. The van der Waals surface area contributed by atoms with Gasteiger partial charge in [-0.2, -0.15) is 0 Å². The first-order valence-electron chi connectivity index (χ1n) is 11.2. The monoisotopic (exact) mass is 480 g/mol. The van der Waals surface area contributed by atoms with Crippen molar-refractivity contribution in [1.82, 2.24) is 5.32 Å². The average molecular weight is 481 g/mol. The summed E-state index contributed by atoms with van der Waals surface area (Å²) in [4.78, 5) is 14.9. The van der Waals surface area contributed by atoms with E-state index in [-0.39, 0.29) is 11.9 Å². The van der Waals surface area contributed by atoms with Gasteiger partial charge in [0, 0.05) is 17.3 Å². The van der Waals surface area contributed by atoms with Gasteiger partial charge in [0.25, 0.3) is 5.91 Å². The summed E-state index contributed by atoms with van der Waals surface area (Å²) in [6.45, 7) is 3.36. The molecule has 3 aromatic carbocycles. The van der Waals surface area contributed by atoms with Gasteiger partial charge in [-0.3, -0.25) is 4.79 Å². The molecular weight excluding hydrogens is 452 g/mol. The Kier molecular flexibility index (Phi) is 7.60. The van der Waals surface area contributed by atoms with Crippen molar-refractivity contribution >= 4 is 23.2 Å². The van der Waals surface area contributed by atoms with Crippen LogP contribution in [0.1, 0.15) is 11.1 Å². The third-order valence-corrected chi connectivity index (χ3v) is 6.26. The van der Waals surface area contributed by atoms with Gasteiger partial charge in [0.1, 0.15) is 5.75 Å². The first-order chi connectivity index (χ1) is 16.5. The van der Waals surface area contributed by atoms with Crippen LogP contribution in [0.3, 0.4) is 0 Å². The fourth-order valence-corrected chi connectivity index (χ4v) is 4.28. The molecule has 0 saturated carbocycles. The number of nitrogens with one attached hydrogen (secondary N) is 1. The third-order valence-electron chi connectivity index (χ3n) is 6.01. The molecule has 1 aliphatic rings. The maximum absolute atomic E-state index is 13.1. The van der Waals surface area contributed by atoms with Crippen molar-refractivity contribution in [2.45, 2.75) is 25.5 Å². The second-order valence-electron chi connectivity index (χ2n) is 8.20. The lowest BCUT2D eigenvalue weighted by Crippen LogP contribution is -2.70. The Morgan fingerprint density at radius 2 is 1.71 bits per heavy atom. The molecule has 1 saturated heterocycles. The fraction of sp³-hybridized carbons (Fsp3) is 0.296. The van der Waals surface area contributed by atoms with E-state index in [0.29, 0.717) is 28.8 Å². The Morgan fingerprint density at radius 3 is 2.41 bits per heavy atom. The predicted octanol–water partition coefficient (Wildman–Crippen LogP) is 4.66. The molecule has 6 nitrogen and oxygen atoms in total. The van der Waals surface area contributed by atoms with E-state index in [1.54, 1.807) is 38.5 Å². The van der Waals surface area contributed by atoms with Gasteiger partial charge >= 0.3 is 0 Å². The number of amides is 1. The number of hydrogen-bond acceptors (Lipinski definition) is 5. The molecule has 1 heterocycles. The van der Waals surface area contributed by atoms with Crippen LogP contribution >= 0.6 is 11.6 Å². The lowest BCUT2D eigenvalue weighted by atomic mass is 9.95. The molecule has 0 aromatic heterocycles. The molecule has 0 bridgehead atoms. The summed E-state index contributed by atoms with van der Waals surface area (Å²) in [7, 11) is 3.26. The number of ether oxygens (including phenoxy) is 3. The maximum atomic E-state index is 13.1. The lowest BCUT2D eigenvalue weighted by Gasteiger charge is -2.47. The van der Waals surface area contributed by atoms with Gasteiger partial charge in [-0.15, -0.1) is 0 Å². The Hall–Kier alpha value is -3.22. The minimum Gasteiger partial charge on any atom is -0.493 e. The van der Waals surface area contributed by atoms with E-state index in [9.17, 15) is 4.79 Å². The topological polar surface area (TPSA) is 60.0 Å². The summed E-state index contributed by atoms with van der Waals surface area (Å²) >= 11 is 5.99. The molecule has 1 N–H and O–H groups in total. The Morgan fingerprint density at radius 1 is 0.971 bits per heavy atom. The van der Waals surface area contributed by atoms with Crippen LogP contribution in [-0.4, -0.2) is 45.4 Å². The van der Waals surface area contributed by atoms with Crippen molar-refractivity contribution < 1.29 is 19.0 Å². The minimum absolute atomic E-state index is 0.0454. The minimum atomic E-state index is -0.561. The molecule has 3 aromatic rings. The zero-order valence-electron chi connectivity index (χ0n) is 19.6. The molecule has 1 aliphatic heterocycles. The SMILES string of the molecule is COc1ccc(CCNC[C@@H]2[C@H](Oc3ccc(Cl)cc3)C(=O)N2c2ccccc2C)cc1OC. The highest BCUT2D eigenvalue weighted by Crippen LogP contribution is 2.33. The van der Waals surface area contributed by atoms with E-state index in [1.807, 2.05) is 54.3 Å². The number of rotatable bonds is 10. The van der Waals surface area contributed by atoms with Crippen molar-refractivity contribution in [3.8, 4) is 17.2 Å². The average Bonchev–Trinajstić information content (AvgIpc) is 2.86. The van der Waals surface area contributed by atoms with E-state index in [0.717, 1.165) is 29.8 Å². The standard InChI is InChI=1S/C27H29ClN2O4/c1-18-6-4-5-7-22(18)30-23(26(27(30)31)34-21-11-9-20(28)10-12-21)17-29-15-14-19-8-13-24(32-2)25(16-19)33-3/h4-13,16,23,26,29H,14-15,17H2,1-3H3/t23-,26+/m1/s1. The van der Waals surface area contributed by atoms with Crippen LogP contribution in [0.15, 0.2) is 66.7 Å². The number of aryl methyl sites for hydroxylation is 1. The van der Waals surface area contributed by atoms with Crippen LogP contribution in [0.25, 0.3) is 0 Å². The normalized spacial score (nSPS) is 17.3. The van der Waals surface area contributed by atoms with E-state index < -0.39 is 6.10 Å². The van der Waals surface area contributed by atoms with Crippen LogP contribution < -0.4 is 24.4 Å². The number of halogens is 1. The van der Waals surface area contributed by atoms with Crippen molar-refractivity contribution in [3.05, 3.63) is 82.9 Å². The number of β-lactam (4-membered cyclic amide) rings is 1. The van der Waals surface area contributed by atoms with E-state index in [1.165, 1.54) is 0 Å². The molecule has 178 valence electrons. The zero-order valence-corrected chi connectivity index (χ0v) is 20.3. The van der Waals surface area contributed by atoms with Gasteiger partial charge < -0.3 is 24.4 Å². The second kappa shape index (κ2) is 10.8. The predicted molar refractivity (Wildman–Crippen MR) is 134 cm³/mol. The van der Waals surface area contributed by atoms with Gasteiger partial charge in [-0.1, -0.05) is 35.9 Å². The van der Waals surface area contributed by atoms with Crippen LogP contribution in [0.4, 0.5) is 5.69 Å². The number of nitrogens with zero attached hydrogens (tertiary/aromatic N) is 1. The highest BCUT2D eigenvalue weighted by atomic mass is 35.5. The smallest absolute Gasteiger partial charge is 0.270 e. The molecule has 0 spiro atoms. The fourth-order valence-electron chi connectivity index (χ4n) is 4.16. The van der Waals surface area contributed by atoms with Crippen LogP contribution in [0.2, 0.25) is 5.02 Å². The highest BCUT2D eigenvalue weighted by Gasteiger charge is 2.50. The molecule has 7 heteroatoms. The lowest BCUT2D eigenvalue weighted by molar-refractivity contribution is -0.134. The molecule has 34 heavy (non-hydrogen) atoms. The molecular formula is C27H29ClN2O4. The van der Waals surface area contributed by atoms with Crippen LogP contribution in [0, 0.1) is 6.92 Å². The van der Waals surface area contributed by atoms with Crippen molar-refractivity contribution in [2.24, 2.45) is 0 Å². The van der Waals surface area contributed by atoms with Gasteiger partial charge in [-0.05, 0) is 73.5 Å². The Balaban J connectivity index is 1.43. The number of carbonyl (C=O) groups is 1. The third kappa shape index (κ3) is 5.13. The Labute approximate surface area is 205 Å². The molecule has 1 fully saturated rings. The molecule has 1 amide bonds. The number of benzene rings is 3. The molecule has 0 aliphatic carbocycles. The first kappa shape index (κ1) is 23.9. The highest BCUT2D eigenvalue weighted by molar-refractivity contribution is 6.30. The largest absolute Gasteiger partial charge is 0.493 e. The van der Waals surface area contributed by atoms with Gasteiger partial charge in [0.15, 0.2) is 17.6 Å². The number of para-hydroxylation sites is 1. The maximum Gasteiger partial charge on any atom is 0.270 e. The molecule has 2 atom stereocenters. The summed E-state index contributed by atoms with van der Waals surface area (Å²) in [5.41, 5.74) is 3.10. The summed E-state index contributed by atoms with van der Waals surface area (Å²) in [6, 6.07) is 20.8. The van der Waals surface area contributed by atoms with Gasteiger partial charge in [0.05, 0.1) is 20.3 Å². The number of carbonyl (C=O) groups excluding carboxylic acids is 1. The van der Waals surface area contributed by atoms with Gasteiger partial charge in [-0.25, -0.2) is 0 Å². The summed E-state index contributed by atoms with van der Waals surface area (Å²) < 4.78 is 16.8. The van der Waals surface area contributed by atoms with Crippen LogP contribution in [0.5, 0.6) is 17.2 Å². The molecule has 0 radical (unpaired) electrons. The second-order valence-corrected chi connectivity index (χ2v) is 8.63. The summed E-state index contributed by atoms with van der Waals surface area (Å²) in [6.07, 6.45) is 0.253.